The monoisotopic (exact) mass is 370 g/mol. The molecule has 1 aromatic heterocycles. The van der Waals surface area contributed by atoms with E-state index in [1.807, 2.05) is 46.0 Å². The van der Waals surface area contributed by atoms with Crippen LogP contribution in [0, 0.1) is 0 Å². The molecular formula is C20H26N4O3. The SMILES string of the molecule is O=C(CCN1CCOCC1)N1CCn2nc([C@@H](O)c3ccccc3)cc2C1. The molecule has 0 radical (unpaired) electrons. The van der Waals surface area contributed by atoms with E-state index in [0.29, 0.717) is 31.7 Å². The van der Waals surface area contributed by atoms with Gasteiger partial charge in [-0.15, -0.1) is 0 Å². The van der Waals surface area contributed by atoms with E-state index in [0.717, 1.165) is 44.1 Å². The average Bonchev–Trinajstić information content (AvgIpc) is 3.16. The van der Waals surface area contributed by atoms with Crippen molar-refractivity contribution in [3.8, 4) is 0 Å². The van der Waals surface area contributed by atoms with E-state index in [4.69, 9.17) is 4.74 Å². The molecule has 2 aliphatic rings. The lowest BCUT2D eigenvalue weighted by atomic mass is 10.1. The minimum absolute atomic E-state index is 0.180. The van der Waals surface area contributed by atoms with Crippen LogP contribution >= 0.6 is 0 Å². The number of aliphatic hydroxyl groups is 1. The standard InChI is InChI=1S/C20H26N4O3/c25-19(6-7-22-10-12-27-13-11-22)23-8-9-24-17(15-23)14-18(21-24)20(26)16-4-2-1-3-5-16/h1-5,14,20,26H,6-13,15H2/t20-/m0/s1. The van der Waals surface area contributed by atoms with Crippen molar-refractivity contribution in [1.82, 2.24) is 19.6 Å². The van der Waals surface area contributed by atoms with E-state index < -0.39 is 6.10 Å². The van der Waals surface area contributed by atoms with E-state index >= 15 is 0 Å². The summed E-state index contributed by atoms with van der Waals surface area (Å²) in [6.07, 6.45) is -0.206. The average molecular weight is 370 g/mol. The minimum atomic E-state index is -0.741. The number of aromatic nitrogens is 2. The van der Waals surface area contributed by atoms with E-state index in [9.17, 15) is 9.90 Å². The summed E-state index contributed by atoms with van der Waals surface area (Å²) < 4.78 is 7.26. The summed E-state index contributed by atoms with van der Waals surface area (Å²) in [5.41, 5.74) is 2.44. The predicted octanol–water partition coefficient (Wildman–Crippen LogP) is 1.03. The number of aliphatic hydroxyl groups excluding tert-OH is 1. The van der Waals surface area contributed by atoms with Gasteiger partial charge in [-0.05, 0) is 11.6 Å². The van der Waals surface area contributed by atoms with Crippen LogP contribution in [0.1, 0.15) is 29.5 Å². The lowest BCUT2D eigenvalue weighted by molar-refractivity contribution is -0.133. The molecule has 1 saturated heterocycles. The molecule has 4 rings (SSSR count). The molecule has 2 aromatic rings. The van der Waals surface area contributed by atoms with E-state index in [1.54, 1.807) is 0 Å². The quantitative estimate of drug-likeness (QED) is 0.851. The van der Waals surface area contributed by atoms with Crippen molar-refractivity contribution in [3.05, 3.63) is 53.3 Å². The molecule has 0 unspecified atom stereocenters. The lowest BCUT2D eigenvalue weighted by Gasteiger charge is -2.30. The number of amides is 1. The number of hydrogen-bond acceptors (Lipinski definition) is 5. The largest absolute Gasteiger partial charge is 0.382 e. The van der Waals surface area contributed by atoms with Crippen LogP contribution in [0.5, 0.6) is 0 Å². The van der Waals surface area contributed by atoms with Crippen LogP contribution in [0.2, 0.25) is 0 Å². The van der Waals surface area contributed by atoms with E-state index in [-0.39, 0.29) is 5.91 Å². The predicted molar refractivity (Wildman–Crippen MR) is 100 cm³/mol. The number of morpholine rings is 1. The molecule has 0 bridgehead atoms. The zero-order valence-corrected chi connectivity index (χ0v) is 15.5. The molecule has 7 nitrogen and oxygen atoms in total. The summed E-state index contributed by atoms with van der Waals surface area (Å²) in [5.74, 6) is 0.180. The summed E-state index contributed by atoms with van der Waals surface area (Å²) in [7, 11) is 0. The maximum atomic E-state index is 12.6. The Bertz CT molecular complexity index is 771. The van der Waals surface area contributed by atoms with Crippen LogP contribution in [0.25, 0.3) is 0 Å². The Labute approximate surface area is 159 Å². The number of carbonyl (C=O) groups is 1. The number of rotatable bonds is 5. The van der Waals surface area contributed by atoms with Crippen molar-refractivity contribution in [2.24, 2.45) is 0 Å². The molecule has 7 heteroatoms. The van der Waals surface area contributed by atoms with Crippen LogP contribution < -0.4 is 0 Å². The van der Waals surface area contributed by atoms with Crippen LogP contribution in [-0.2, 0) is 22.6 Å². The molecule has 1 amide bonds. The van der Waals surface area contributed by atoms with Crippen molar-refractivity contribution in [3.63, 3.8) is 0 Å². The molecule has 144 valence electrons. The van der Waals surface area contributed by atoms with Gasteiger partial charge in [-0.2, -0.15) is 5.10 Å². The first kappa shape index (κ1) is 18.2. The molecule has 0 spiro atoms. The molecule has 1 aromatic carbocycles. The van der Waals surface area contributed by atoms with Crippen molar-refractivity contribution in [2.45, 2.75) is 25.6 Å². The van der Waals surface area contributed by atoms with Gasteiger partial charge in [0, 0.05) is 32.6 Å². The van der Waals surface area contributed by atoms with Gasteiger partial charge in [0.1, 0.15) is 6.10 Å². The lowest BCUT2D eigenvalue weighted by Crippen LogP contribution is -2.42. The number of carbonyl (C=O) groups excluding carboxylic acids is 1. The maximum Gasteiger partial charge on any atom is 0.224 e. The topological polar surface area (TPSA) is 70.8 Å². The molecular weight excluding hydrogens is 344 g/mol. The zero-order valence-electron chi connectivity index (χ0n) is 15.5. The summed E-state index contributed by atoms with van der Waals surface area (Å²) in [5, 5.41) is 15.1. The Morgan fingerprint density at radius 3 is 2.70 bits per heavy atom. The van der Waals surface area contributed by atoms with Gasteiger partial charge in [0.15, 0.2) is 0 Å². The van der Waals surface area contributed by atoms with Crippen molar-refractivity contribution >= 4 is 5.91 Å². The normalized spacial score (nSPS) is 18.9. The fourth-order valence-corrected chi connectivity index (χ4v) is 3.68. The highest BCUT2D eigenvalue weighted by Gasteiger charge is 2.25. The van der Waals surface area contributed by atoms with Gasteiger partial charge < -0.3 is 14.7 Å². The third-order valence-electron chi connectivity index (χ3n) is 5.31. The first-order chi connectivity index (χ1) is 13.2. The first-order valence-electron chi connectivity index (χ1n) is 9.58. The molecule has 2 aliphatic heterocycles. The first-order valence-corrected chi connectivity index (χ1v) is 9.58. The van der Waals surface area contributed by atoms with Gasteiger partial charge in [-0.1, -0.05) is 30.3 Å². The van der Waals surface area contributed by atoms with Gasteiger partial charge in [0.25, 0.3) is 0 Å². The van der Waals surface area contributed by atoms with Crippen LogP contribution in [0.3, 0.4) is 0 Å². The maximum absolute atomic E-state index is 12.6. The molecule has 1 N–H and O–H groups in total. The fourth-order valence-electron chi connectivity index (χ4n) is 3.68. The molecule has 0 saturated carbocycles. The second-order valence-electron chi connectivity index (χ2n) is 7.12. The van der Waals surface area contributed by atoms with Crippen LogP contribution in [0.15, 0.2) is 36.4 Å². The summed E-state index contributed by atoms with van der Waals surface area (Å²) in [4.78, 5) is 16.8. The van der Waals surface area contributed by atoms with Crippen LogP contribution in [0.4, 0.5) is 0 Å². The summed E-state index contributed by atoms with van der Waals surface area (Å²) >= 11 is 0. The minimum Gasteiger partial charge on any atom is -0.382 e. The highest BCUT2D eigenvalue weighted by molar-refractivity contribution is 5.76. The smallest absolute Gasteiger partial charge is 0.224 e. The Morgan fingerprint density at radius 1 is 1.15 bits per heavy atom. The zero-order chi connectivity index (χ0) is 18.6. The number of ether oxygens (including phenoxy) is 1. The second kappa shape index (κ2) is 8.21. The summed E-state index contributed by atoms with van der Waals surface area (Å²) in [6, 6.07) is 11.4. The molecule has 1 atom stereocenters. The Hall–Kier alpha value is -2.22. The molecule has 0 aliphatic carbocycles. The highest BCUT2D eigenvalue weighted by Crippen LogP contribution is 2.23. The Balaban J connectivity index is 1.36. The van der Waals surface area contributed by atoms with Crippen LogP contribution in [-0.4, -0.2) is 70.0 Å². The van der Waals surface area contributed by atoms with Gasteiger partial charge in [0.2, 0.25) is 5.91 Å². The molecule has 1 fully saturated rings. The summed E-state index contributed by atoms with van der Waals surface area (Å²) in [6.45, 7) is 5.98. The molecule has 27 heavy (non-hydrogen) atoms. The van der Waals surface area contributed by atoms with Gasteiger partial charge in [-0.25, -0.2) is 0 Å². The van der Waals surface area contributed by atoms with Crippen molar-refractivity contribution < 1.29 is 14.6 Å². The van der Waals surface area contributed by atoms with Crippen molar-refractivity contribution in [1.29, 1.82) is 0 Å². The van der Waals surface area contributed by atoms with E-state index in [1.165, 1.54) is 0 Å². The fraction of sp³-hybridized carbons (Fsp3) is 0.500. The van der Waals surface area contributed by atoms with Crippen molar-refractivity contribution in [2.75, 3.05) is 39.4 Å². The van der Waals surface area contributed by atoms with E-state index in [2.05, 4.69) is 10.00 Å². The van der Waals surface area contributed by atoms with Gasteiger partial charge in [0.05, 0.1) is 37.7 Å². The Morgan fingerprint density at radius 2 is 1.93 bits per heavy atom. The number of fused-ring (bicyclic) bond motifs is 1. The van der Waals surface area contributed by atoms with Gasteiger partial charge in [-0.3, -0.25) is 14.4 Å². The number of nitrogens with zero attached hydrogens (tertiary/aromatic N) is 4. The number of hydrogen-bond donors (Lipinski definition) is 1. The second-order valence-corrected chi connectivity index (χ2v) is 7.12. The highest BCUT2D eigenvalue weighted by atomic mass is 16.5. The third-order valence-corrected chi connectivity index (χ3v) is 5.31. The molecule has 3 heterocycles. The Kier molecular flexibility index (Phi) is 5.52. The third kappa shape index (κ3) is 4.21. The van der Waals surface area contributed by atoms with Gasteiger partial charge >= 0.3 is 0 Å². The number of benzene rings is 1.